The molecule has 0 atom stereocenters. The Bertz CT molecular complexity index is 4800. The largest absolute Gasteiger partial charge is 2.00 e. The summed E-state index contributed by atoms with van der Waals surface area (Å²) in [7, 11) is 0. The number of nitrogens with zero attached hydrogens (tertiary/aromatic N) is 10. The van der Waals surface area contributed by atoms with Crippen LogP contribution in [0.3, 0.4) is 0 Å². The van der Waals surface area contributed by atoms with E-state index in [-0.39, 0.29) is 40.8 Å². The zero-order valence-electron chi connectivity index (χ0n) is 44.4. The molecular weight excluding hydrogens is 1240 g/mol. The molecule has 12 heterocycles. The van der Waals surface area contributed by atoms with Gasteiger partial charge in [0.1, 0.15) is 22.9 Å². The summed E-state index contributed by atoms with van der Waals surface area (Å²) < 4.78 is 21.1. The van der Waals surface area contributed by atoms with Crippen LogP contribution in [0, 0.1) is 12.1 Å². The number of pyridine rings is 8. The van der Waals surface area contributed by atoms with Crippen LogP contribution in [-0.2, 0) is 50.4 Å². The van der Waals surface area contributed by atoms with Crippen molar-refractivity contribution in [2.45, 2.75) is 13.8 Å². The molecule has 414 valence electrons. The van der Waals surface area contributed by atoms with Crippen LogP contribution in [-0.4, -0.2) is 70.0 Å². The Kier molecular flexibility index (Phi) is 15.7. The van der Waals surface area contributed by atoms with Gasteiger partial charge in [0.15, 0.2) is 0 Å². The molecule has 0 saturated carbocycles. The number of rotatable bonds is 6. The molecule has 0 unspecified atom stereocenters. The summed E-state index contributed by atoms with van der Waals surface area (Å²) in [5.41, 5.74) is 11.5. The second-order valence-corrected chi connectivity index (χ2v) is 18.9. The van der Waals surface area contributed by atoms with Crippen molar-refractivity contribution < 1.29 is 70.1 Å². The van der Waals surface area contributed by atoms with Gasteiger partial charge in [0.2, 0.25) is 11.8 Å². The van der Waals surface area contributed by atoms with Gasteiger partial charge in [0.25, 0.3) is 11.9 Å². The van der Waals surface area contributed by atoms with Crippen molar-refractivity contribution in [3.05, 3.63) is 231 Å². The van der Waals surface area contributed by atoms with E-state index in [0.29, 0.717) is 23.3 Å². The van der Waals surface area contributed by atoms with Crippen LogP contribution in [0.4, 0.5) is 0 Å². The van der Waals surface area contributed by atoms with Crippen molar-refractivity contribution in [2.75, 3.05) is 0 Å². The molecule has 0 aliphatic heterocycles. The Balaban J connectivity index is 0.000000153. The first-order valence-corrected chi connectivity index (χ1v) is 25.9. The summed E-state index contributed by atoms with van der Waals surface area (Å²) in [6.07, 6.45) is 11.3. The molecule has 0 spiro atoms. The Labute approximate surface area is 505 Å². The van der Waals surface area contributed by atoms with E-state index in [0.717, 1.165) is 119 Å². The fourth-order valence-electron chi connectivity index (χ4n) is 10.5. The quantitative estimate of drug-likeness (QED) is 0.0912. The summed E-state index contributed by atoms with van der Waals surface area (Å²) in [5, 5.41) is 21.3. The number of hydrogen-bond donors (Lipinski definition) is 2. The average molecular weight is 1290 g/mol. The minimum absolute atomic E-state index is 0. The van der Waals surface area contributed by atoms with Gasteiger partial charge in [0, 0.05) is 105 Å². The summed E-state index contributed by atoms with van der Waals surface area (Å²) >= 11 is 0. The normalized spacial score (nSPS) is 11.0. The minimum atomic E-state index is -0.833. The average Bonchev–Trinajstić information content (AvgIpc) is 2.77. The van der Waals surface area contributed by atoms with Crippen molar-refractivity contribution in [1.29, 1.82) is 0 Å². The van der Waals surface area contributed by atoms with Gasteiger partial charge in [-0.25, -0.2) is 15.0 Å². The first-order valence-electron chi connectivity index (χ1n) is 25.9. The van der Waals surface area contributed by atoms with Crippen LogP contribution in [0.1, 0.15) is 13.8 Å². The van der Waals surface area contributed by atoms with Gasteiger partial charge in [-0.15, -0.1) is 17.5 Å². The number of para-hydroxylation sites is 2. The number of aromatic nitrogens is 10. The van der Waals surface area contributed by atoms with Crippen molar-refractivity contribution in [1.82, 2.24) is 47.8 Å². The third-order valence-electron chi connectivity index (χ3n) is 13.6. The molecular formula is C66H44N10O6Pd2. The minimum Gasteiger partial charge on any atom is -0.481 e. The van der Waals surface area contributed by atoms with Crippen LogP contribution in [0.5, 0.6) is 23.3 Å². The number of carboxylic acid groups (broad SMARTS) is 2. The molecule has 18 heteroatoms. The summed E-state index contributed by atoms with van der Waals surface area (Å²) in [6, 6.07) is 67.4. The molecule has 4 aromatic carbocycles. The van der Waals surface area contributed by atoms with E-state index in [1.807, 2.05) is 134 Å². The molecule has 0 amide bonds. The molecule has 0 aliphatic rings. The van der Waals surface area contributed by atoms with Crippen LogP contribution < -0.4 is 9.47 Å². The summed E-state index contributed by atoms with van der Waals surface area (Å²) in [4.78, 5) is 46.3. The monoisotopic (exact) mass is 1280 g/mol. The fraction of sp³-hybridized carbons (Fsp3) is 0.0303. The number of hydrogen-bond acceptors (Lipinski definition) is 10. The molecule has 84 heavy (non-hydrogen) atoms. The standard InChI is InChI=1S/C31H19N5O.C31H17N5O.2C2H4O2.2Pd/c2*1-2-8-24-21(7-1)22-13-12-20(19-27(22)36(24)28-11-3-4-16-32-28)37-29-15-14-23-30-25(9-5-17-33-30)35-18-6-10-26(35)31(23)34-29;2*1-2(3)4;;/h1-19H;1-9,11-18H;2*1H3,(H,3,4);;/q;-2;;;;+2. The van der Waals surface area contributed by atoms with E-state index >= 15 is 0 Å². The Morgan fingerprint density at radius 1 is 0.440 bits per heavy atom. The van der Waals surface area contributed by atoms with Gasteiger partial charge in [-0.3, -0.25) is 29.1 Å². The molecule has 2 N–H and O–H groups in total. The molecule has 0 aliphatic carbocycles. The van der Waals surface area contributed by atoms with E-state index in [4.69, 9.17) is 39.2 Å². The van der Waals surface area contributed by atoms with Gasteiger partial charge in [0.05, 0.1) is 38.6 Å². The van der Waals surface area contributed by atoms with E-state index in [2.05, 4.69) is 123 Å². The zero-order valence-corrected chi connectivity index (χ0v) is 47.5. The predicted octanol–water partition coefficient (Wildman–Crippen LogP) is 14.4. The second-order valence-electron chi connectivity index (χ2n) is 18.9. The molecule has 12 aromatic heterocycles. The predicted molar refractivity (Wildman–Crippen MR) is 318 cm³/mol. The van der Waals surface area contributed by atoms with Crippen LogP contribution in [0.25, 0.3) is 110 Å². The van der Waals surface area contributed by atoms with Gasteiger partial charge >= 0.3 is 20.4 Å². The number of aliphatic carboxylic acids is 2. The van der Waals surface area contributed by atoms with Crippen molar-refractivity contribution in [2.24, 2.45) is 0 Å². The Morgan fingerprint density at radius 2 is 0.940 bits per heavy atom. The number of benzene rings is 4. The van der Waals surface area contributed by atoms with Crippen LogP contribution >= 0.6 is 0 Å². The SMILES string of the molecule is CC(=O)O.CC(=O)O.[Pd+2].[Pd].[c-]1c(Oc2ccc3c(n2)c2[c-]ccn2c2cccnc32)ccc2c3ccccc3n(-c3ccccn3)c12.c1ccc(-n2c3ccccc3c3ccc(Oc4ccc5c6ncccc6n6cccc6c5n4)cc32)nc1. The maximum Gasteiger partial charge on any atom is 2.00 e. The second kappa shape index (κ2) is 23.7. The molecule has 16 rings (SSSR count). The fourth-order valence-corrected chi connectivity index (χ4v) is 10.5. The third-order valence-corrected chi connectivity index (χ3v) is 13.6. The van der Waals surface area contributed by atoms with Crippen molar-refractivity contribution in [3.63, 3.8) is 0 Å². The Morgan fingerprint density at radius 3 is 1.61 bits per heavy atom. The number of fused-ring (bicyclic) bond motifs is 18. The number of carboxylic acids is 2. The van der Waals surface area contributed by atoms with Crippen LogP contribution in [0.15, 0.2) is 219 Å². The van der Waals surface area contributed by atoms with Gasteiger partial charge in [-0.05, 0) is 113 Å². The topological polar surface area (TPSA) is 189 Å². The Hall–Kier alpha value is -10.2. The maximum absolute atomic E-state index is 9.00. The smallest absolute Gasteiger partial charge is 0.481 e. The number of carbonyl (C=O) groups is 2. The van der Waals surface area contributed by atoms with E-state index in [1.54, 1.807) is 12.4 Å². The van der Waals surface area contributed by atoms with Gasteiger partial charge < -0.3 is 33.1 Å². The van der Waals surface area contributed by atoms with Crippen molar-refractivity contribution >= 4 is 110 Å². The van der Waals surface area contributed by atoms with E-state index in [1.165, 1.54) is 5.39 Å². The zero-order chi connectivity index (χ0) is 55.8. The first kappa shape index (κ1) is 55.7. The van der Waals surface area contributed by atoms with Gasteiger partial charge in [-0.1, -0.05) is 71.8 Å². The summed E-state index contributed by atoms with van der Waals surface area (Å²) in [6.45, 7) is 2.17. The summed E-state index contributed by atoms with van der Waals surface area (Å²) in [5.74, 6) is 2.33. The number of ether oxygens (including phenoxy) is 2. The molecule has 16 aromatic rings. The van der Waals surface area contributed by atoms with E-state index < -0.39 is 11.9 Å². The first-order chi connectivity index (χ1) is 40.2. The molecule has 0 radical (unpaired) electrons. The molecule has 0 bridgehead atoms. The van der Waals surface area contributed by atoms with Crippen LogP contribution in [0.2, 0.25) is 0 Å². The molecule has 0 saturated heterocycles. The van der Waals surface area contributed by atoms with Gasteiger partial charge in [-0.2, -0.15) is 18.2 Å². The van der Waals surface area contributed by atoms with Crippen molar-refractivity contribution in [3.8, 4) is 34.9 Å². The van der Waals surface area contributed by atoms with E-state index in [9.17, 15) is 0 Å². The molecule has 16 nitrogen and oxygen atoms in total. The third kappa shape index (κ3) is 10.4. The maximum atomic E-state index is 9.00. The molecule has 0 fully saturated rings.